The fraction of sp³-hybridized carbons (Fsp3) is 0.588. The second-order valence-corrected chi connectivity index (χ2v) is 6.99. The fourth-order valence-electron chi connectivity index (χ4n) is 3.94. The van der Waals surface area contributed by atoms with Gasteiger partial charge in [0.1, 0.15) is 11.6 Å². The highest BCUT2D eigenvalue weighted by molar-refractivity contribution is 5.70. The van der Waals surface area contributed by atoms with E-state index in [0.29, 0.717) is 32.0 Å². The van der Waals surface area contributed by atoms with Crippen LogP contribution in [0.1, 0.15) is 24.9 Å². The molecule has 0 spiro atoms. The summed E-state index contributed by atoms with van der Waals surface area (Å²) in [4.78, 5) is 13.4. The molecule has 0 aliphatic carbocycles. The van der Waals surface area contributed by atoms with Crippen LogP contribution in [0.15, 0.2) is 18.2 Å². The number of hydrogen-bond acceptors (Lipinski definition) is 4. The number of likely N-dealkylation sites (tertiary alicyclic amines) is 1. The van der Waals surface area contributed by atoms with Gasteiger partial charge in [-0.25, -0.2) is 14.2 Å². The van der Waals surface area contributed by atoms with Gasteiger partial charge in [-0.15, -0.1) is 0 Å². The molecule has 2 saturated heterocycles. The van der Waals surface area contributed by atoms with Crippen molar-refractivity contribution in [3.8, 4) is 0 Å². The Morgan fingerprint density at radius 1 is 1.33 bits per heavy atom. The van der Waals surface area contributed by atoms with E-state index >= 15 is 0 Å². The minimum Gasteiger partial charge on any atom is -0.481 e. The van der Waals surface area contributed by atoms with Crippen molar-refractivity contribution in [2.24, 2.45) is 17.8 Å². The van der Waals surface area contributed by atoms with Gasteiger partial charge in [0, 0.05) is 37.7 Å². The Bertz CT molecular complexity index is 593. The molecule has 2 fully saturated rings. The quantitative estimate of drug-likeness (QED) is 0.780. The number of hydrazine groups is 1. The van der Waals surface area contributed by atoms with Gasteiger partial charge in [0.25, 0.3) is 0 Å². The number of benzene rings is 1. The molecule has 3 N–H and O–H groups in total. The summed E-state index contributed by atoms with van der Waals surface area (Å²) in [6, 6.07) is 3.42. The molecule has 0 aromatic heterocycles. The average molecular weight is 339 g/mol. The minimum absolute atomic E-state index is 0.0313. The summed E-state index contributed by atoms with van der Waals surface area (Å²) >= 11 is 0. The zero-order valence-electron chi connectivity index (χ0n) is 13.6. The molecule has 1 aromatic carbocycles. The van der Waals surface area contributed by atoms with Gasteiger partial charge in [-0.05, 0) is 24.5 Å². The molecule has 24 heavy (non-hydrogen) atoms. The molecule has 0 radical (unpaired) electrons. The van der Waals surface area contributed by atoms with Crippen LogP contribution in [0.25, 0.3) is 0 Å². The Balaban J connectivity index is 1.73. The van der Waals surface area contributed by atoms with E-state index in [0.717, 1.165) is 6.54 Å². The lowest BCUT2D eigenvalue weighted by atomic mass is 9.88. The van der Waals surface area contributed by atoms with Gasteiger partial charge in [-0.1, -0.05) is 13.0 Å². The van der Waals surface area contributed by atoms with Crippen LogP contribution in [0.5, 0.6) is 0 Å². The predicted molar refractivity (Wildman–Crippen MR) is 85.1 cm³/mol. The summed E-state index contributed by atoms with van der Waals surface area (Å²) in [5.74, 6) is -2.00. The molecule has 2 aliphatic heterocycles. The van der Waals surface area contributed by atoms with Crippen LogP contribution in [0.2, 0.25) is 0 Å². The summed E-state index contributed by atoms with van der Waals surface area (Å²) in [5.41, 5.74) is 6.00. The van der Waals surface area contributed by atoms with Crippen molar-refractivity contribution in [2.75, 3.05) is 26.2 Å². The van der Waals surface area contributed by atoms with Gasteiger partial charge in [-0.2, -0.15) is 0 Å². The summed E-state index contributed by atoms with van der Waals surface area (Å²) in [5, 5.41) is 9.29. The Labute approximate surface area is 140 Å². The monoisotopic (exact) mass is 339 g/mol. The second kappa shape index (κ2) is 7.13. The van der Waals surface area contributed by atoms with Crippen molar-refractivity contribution in [1.82, 2.24) is 15.8 Å². The Morgan fingerprint density at radius 3 is 2.71 bits per heavy atom. The molecule has 0 saturated carbocycles. The highest BCUT2D eigenvalue weighted by Crippen LogP contribution is 2.31. The van der Waals surface area contributed by atoms with Crippen LogP contribution in [0.4, 0.5) is 8.78 Å². The maximum atomic E-state index is 14.1. The third kappa shape index (κ3) is 3.58. The lowest BCUT2D eigenvalue weighted by Gasteiger charge is -2.36. The van der Waals surface area contributed by atoms with Crippen molar-refractivity contribution < 1.29 is 18.7 Å². The normalized spacial score (nSPS) is 31.3. The summed E-state index contributed by atoms with van der Waals surface area (Å²) in [6.07, 6.45) is 0.679. The Kier molecular flexibility index (Phi) is 5.12. The number of carboxylic acid groups (broad SMARTS) is 1. The third-order valence-corrected chi connectivity index (χ3v) is 4.98. The first-order chi connectivity index (χ1) is 11.5. The SMILES string of the molecule is CC1CC(C(=O)O)CN(CC2CNNC2c2c(F)cccc2F)C1. The summed E-state index contributed by atoms with van der Waals surface area (Å²) in [6.45, 7) is 4.53. The first kappa shape index (κ1) is 17.3. The largest absolute Gasteiger partial charge is 0.481 e. The van der Waals surface area contributed by atoms with E-state index in [1.807, 2.05) is 6.92 Å². The first-order valence-corrected chi connectivity index (χ1v) is 8.33. The maximum Gasteiger partial charge on any atom is 0.307 e. The van der Waals surface area contributed by atoms with Crippen LogP contribution >= 0.6 is 0 Å². The smallest absolute Gasteiger partial charge is 0.307 e. The minimum atomic E-state index is -0.772. The van der Waals surface area contributed by atoms with Crippen LogP contribution < -0.4 is 10.9 Å². The van der Waals surface area contributed by atoms with Crippen molar-refractivity contribution in [3.63, 3.8) is 0 Å². The number of rotatable bonds is 4. The average Bonchev–Trinajstić information content (AvgIpc) is 2.94. The first-order valence-electron chi connectivity index (χ1n) is 8.33. The summed E-state index contributed by atoms with van der Waals surface area (Å²) in [7, 11) is 0. The van der Waals surface area contributed by atoms with Crippen LogP contribution in [-0.2, 0) is 4.79 Å². The van der Waals surface area contributed by atoms with Gasteiger partial charge in [0.2, 0.25) is 0 Å². The van der Waals surface area contributed by atoms with Crippen molar-refractivity contribution >= 4 is 5.97 Å². The maximum absolute atomic E-state index is 14.1. The third-order valence-electron chi connectivity index (χ3n) is 4.98. The number of carbonyl (C=O) groups is 1. The van der Waals surface area contributed by atoms with Crippen LogP contribution in [-0.4, -0.2) is 42.2 Å². The van der Waals surface area contributed by atoms with E-state index in [1.54, 1.807) is 0 Å². The number of hydrogen-bond donors (Lipinski definition) is 3. The Hall–Kier alpha value is -1.57. The van der Waals surface area contributed by atoms with E-state index < -0.39 is 23.6 Å². The molecule has 1 aromatic rings. The fourth-order valence-corrected chi connectivity index (χ4v) is 3.94. The van der Waals surface area contributed by atoms with Crippen LogP contribution in [0, 0.1) is 29.4 Å². The standard InChI is InChI=1S/C17H23F2N3O2/c1-10-5-11(17(23)24)8-22(7-10)9-12-6-20-21-16(12)15-13(18)3-2-4-14(15)19/h2-4,10-12,16,20-21H,5-9H2,1H3,(H,23,24). The van der Waals surface area contributed by atoms with Crippen LogP contribution in [0.3, 0.4) is 0 Å². The lowest BCUT2D eigenvalue weighted by Crippen LogP contribution is -2.45. The molecule has 4 unspecified atom stereocenters. The topological polar surface area (TPSA) is 64.6 Å². The number of halogens is 2. The second-order valence-electron chi connectivity index (χ2n) is 6.99. The number of aliphatic carboxylic acids is 1. The van der Waals surface area contributed by atoms with E-state index in [-0.39, 0.29) is 17.4 Å². The molecular weight excluding hydrogens is 316 g/mol. The van der Waals surface area contributed by atoms with Gasteiger partial charge >= 0.3 is 5.97 Å². The molecule has 3 rings (SSSR count). The number of carboxylic acids is 1. The zero-order chi connectivity index (χ0) is 17.3. The number of piperidine rings is 1. The molecule has 4 atom stereocenters. The van der Waals surface area contributed by atoms with Gasteiger partial charge in [0.15, 0.2) is 0 Å². The van der Waals surface area contributed by atoms with Crippen molar-refractivity contribution in [1.29, 1.82) is 0 Å². The van der Waals surface area contributed by atoms with Gasteiger partial charge in [0.05, 0.1) is 12.0 Å². The molecule has 7 heteroatoms. The molecule has 5 nitrogen and oxygen atoms in total. The predicted octanol–water partition coefficient (Wildman–Crippen LogP) is 1.77. The van der Waals surface area contributed by atoms with Crippen molar-refractivity contribution in [2.45, 2.75) is 19.4 Å². The van der Waals surface area contributed by atoms with Gasteiger partial charge < -0.3 is 10.0 Å². The molecular formula is C17H23F2N3O2. The lowest BCUT2D eigenvalue weighted by molar-refractivity contribution is -0.144. The van der Waals surface area contributed by atoms with E-state index in [4.69, 9.17) is 0 Å². The summed E-state index contributed by atoms with van der Waals surface area (Å²) < 4.78 is 28.2. The highest BCUT2D eigenvalue weighted by Gasteiger charge is 2.36. The number of nitrogens with one attached hydrogen (secondary N) is 2. The number of nitrogens with zero attached hydrogens (tertiary/aromatic N) is 1. The molecule has 0 bridgehead atoms. The van der Waals surface area contributed by atoms with E-state index in [1.165, 1.54) is 18.2 Å². The molecule has 2 heterocycles. The van der Waals surface area contributed by atoms with E-state index in [9.17, 15) is 18.7 Å². The van der Waals surface area contributed by atoms with Crippen molar-refractivity contribution in [3.05, 3.63) is 35.4 Å². The zero-order valence-corrected chi connectivity index (χ0v) is 13.6. The van der Waals surface area contributed by atoms with E-state index in [2.05, 4.69) is 15.8 Å². The van der Waals surface area contributed by atoms with Gasteiger partial charge in [-0.3, -0.25) is 10.2 Å². The Morgan fingerprint density at radius 2 is 2.04 bits per heavy atom. The molecule has 2 aliphatic rings. The highest BCUT2D eigenvalue weighted by atomic mass is 19.1. The molecule has 132 valence electrons. The molecule has 0 amide bonds.